The molecule has 0 unspecified atom stereocenters. The predicted octanol–water partition coefficient (Wildman–Crippen LogP) is 4.32. The predicted molar refractivity (Wildman–Crippen MR) is 109 cm³/mol. The van der Waals surface area contributed by atoms with Gasteiger partial charge < -0.3 is 10.6 Å². The number of amides is 2. The van der Waals surface area contributed by atoms with E-state index < -0.39 is 0 Å². The lowest BCUT2D eigenvalue weighted by Crippen LogP contribution is -2.22. The highest BCUT2D eigenvalue weighted by Gasteiger charge is 2.09. The molecule has 0 aliphatic heterocycles. The molecule has 138 valence electrons. The minimum atomic E-state index is -0.102. The van der Waals surface area contributed by atoms with E-state index in [1.165, 1.54) is 23.8 Å². The average Bonchev–Trinajstić information content (AvgIpc) is 3.11. The van der Waals surface area contributed by atoms with Gasteiger partial charge in [0, 0.05) is 29.1 Å². The van der Waals surface area contributed by atoms with E-state index in [2.05, 4.69) is 15.6 Å². The van der Waals surface area contributed by atoms with Crippen LogP contribution < -0.4 is 10.6 Å². The van der Waals surface area contributed by atoms with Crippen LogP contribution >= 0.6 is 11.3 Å². The van der Waals surface area contributed by atoms with Crippen LogP contribution in [0.3, 0.4) is 0 Å². The molecule has 0 fully saturated rings. The van der Waals surface area contributed by atoms with E-state index >= 15 is 0 Å². The van der Waals surface area contributed by atoms with Crippen molar-refractivity contribution in [2.24, 2.45) is 0 Å². The summed E-state index contributed by atoms with van der Waals surface area (Å²) in [6, 6.07) is 13.2. The molecular weight excluding hydrogens is 358 g/mol. The first-order chi connectivity index (χ1) is 12.9. The second-order valence-corrected chi connectivity index (χ2v) is 7.31. The fraction of sp³-hybridized carbons (Fsp3) is 0.190. The van der Waals surface area contributed by atoms with E-state index in [0.29, 0.717) is 12.1 Å². The number of hydrogen-bond acceptors (Lipinski definition) is 4. The molecule has 0 aliphatic carbocycles. The third-order valence-electron chi connectivity index (χ3n) is 4.22. The average molecular weight is 379 g/mol. The van der Waals surface area contributed by atoms with Crippen molar-refractivity contribution in [1.29, 1.82) is 0 Å². The largest absolute Gasteiger partial charge is 0.346 e. The Morgan fingerprint density at radius 2 is 1.78 bits per heavy atom. The molecule has 3 rings (SSSR count). The van der Waals surface area contributed by atoms with Gasteiger partial charge in [-0.1, -0.05) is 18.2 Å². The summed E-state index contributed by atoms with van der Waals surface area (Å²) in [5, 5.41) is 8.46. The van der Waals surface area contributed by atoms with Crippen molar-refractivity contribution in [1.82, 2.24) is 10.3 Å². The van der Waals surface area contributed by atoms with Crippen LogP contribution in [0.1, 0.15) is 33.4 Å². The molecule has 0 atom stereocenters. The summed E-state index contributed by atoms with van der Waals surface area (Å²) in [6.45, 7) is 5.89. The maximum absolute atomic E-state index is 12.3. The first-order valence-electron chi connectivity index (χ1n) is 8.60. The SMILES string of the molecule is CC(=O)Nc1ccc(-c2csc(CNC(=O)c3ccc(C)c(C)c3)n2)cc1. The molecule has 0 saturated carbocycles. The first-order valence-corrected chi connectivity index (χ1v) is 9.48. The molecule has 3 aromatic rings. The number of nitrogens with one attached hydrogen (secondary N) is 2. The number of aromatic nitrogens is 1. The fourth-order valence-electron chi connectivity index (χ4n) is 2.59. The minimum absolute atomic E-state index is 0.0989. The Morgan fingerprint density at radius 3 is 2.44 bits per heavy atom. The maximum atomic E-state index is 12.3. The van der Waals surface area contributed by atoms with Crippen LogP contribution in [-0.2, 0) is 11.3 Å². The van der Waals surface area contributed by atoms with Crippen molar-refractivity contribution in [3.05, 3.63) is 69.5 Å². The highest BCUT2D eigenvalue weighted by molar-refractivity contribution is 7.09. The van der Waals surface area contributed by atoms with E-state index in [9.17, 15) is 9.59 Å². The summed E-state index contributed by atoms with van der Waals surface area (Å²) >= 11 is 1.51. The molecule has 0 bridgehead atoms. The zero-order valence-electron chi connectivity index (χ0n) is 15.5. The number of carbonyl (C=O) groups excluding carboxylic acids is 2. The summed E-state index contributed by atoms with van der Waals surface area (Å²) < 4.78 is 0. The van der Waals surface area contributed by atoms with Gasteiger partial charge in [-0.05, 0) is 49.2 Å². The van der Waals surface area contributed by atoms with Gasteiger partial charge in [0.2, 0.25) is 5.91 Å². The lowest BCUT2D eigenvalue weighted by atomic mass is 10.1. The molecule has 1 aromatic heterocycles. The Balaban J connectivity index is 1.63. The van der Waals surface area contributed by atoms with Gasteiger partial charge in [0.25, 0.3) is 5.91 Å². The van der Waals surface area contributed by atoms with E-state index in [4.69, 9.17) is 0 Å². The van der Waals surface area contributed by atoms with Gasteiger partial charge in [-0.2, -0.15) is 0 Å². The van der Waals surface area contributed by atoms with Crippen LogP contribution in [0, 0.1) is 13.8 Å². The first kappa shape index (κ1) is 18.8. The summed E-state index contributed by atoms with van der Waals surface area (Å²) in [5.74, 6) is -0.201. The van der Waals surface area contributed by atoms with Gasteiger partial charge in [0.1, 0.15) is 5.01 Å². The fourth-order valence-corrected chi connectivity index (χ4v) is 3.34. The van der Waals surface area contributed by atoms with Crippen LogP contribution in [0.5, 0.6) is 0 Å². The number of benzene rings is 2. The maximum Gasteiger partial charge on any atom is 0.251 e. The van der Waals surface area contributed by atoms with Crippen molar-refractivity contribution in [3.63, 3.8) is 0 Å². The van der Waals surface area contributed by atoms with Crippen molar-refractivity contribution < 1.29 is 9.59 Å². The Hall–Kier alpha value is -2.99. The van der Waals surface area contributed by atoms with Gasteiger partial charge in [-0.3, -0.25) is 9.59 Å². The molecule has 0 aliphatic rings. The number of thiazole rings is 1. The smallest absolute Gasteiger partial charge is 0.251 e. The third-order valence-corrected chi connectivity index (χ3v) is 5.07. The molecule has 1 heterocycles. The quantitative estimate of drug-likeness (QED) is 0.694. The number of aryl methyl sites for hydroxylation is 2. The standard InChI is InChI=1S/C21H21N3O2S/c1-13-4-5-17(10-14(13)2)21(26)22-11-20-24-19(12-27-20)16-6-8-18(9-7-16)23-15(3)25/h4-10,12H,11H2,1-3H3,(H,22,26)(H,23,25). The molecule has 2 aromatic carbocycles. The Kier molecular flexibility index (Phi) is 5.66. The van der Waals surface area contributed by atoms with Crippen molar-refractivity contribution in [2.45, 2.75) is 27.3 Å². The topological polar surface area (TPSA) is 71.1 Å². The minimum Gasteiger partial charge on any atom is -0.346 e. The summed E-state index contributed by atoms with van der Waals surface area (Å²) in [5.41, 5.74) is 5.49. The molecular formula is C21H21N3O2S. The Morgan fingerprint density at radius 1 is 1.04 bits per heavy atom. The van der Waals surface area contributed by atoms with Crippen molar-refractivity contribution >= 4 is 28.8 Å². The van der Waals surface area contributed by atoms with Gasteiger partial charge >= 0.3 is 0 Å². The summed E-state index contributed by atoms with van der Waals surface area (Å²) in [7, 11) is 0. The molecule has 0 spiro atoms. The van der Waals surface area contributed by atoms with Gasteiger partial charge in [-0.15, -0.1) is 11.3 Å². The van der Waals surface area contributed by atoms with Crippen LogP contribution in [0.4, 0.5) is 5.69 Å². The summed E-state index contributed by atoms with van der Waals surface area (Å²) in [4.78, 5) is 28.0. The molecule has 2 amide bonds. The van der Waals surface area contributed by atoms with E-state index in [-0.39, 0.29) is 11.8 Å². The number of carbonyl (C=O) groups is 2. The lowest BCUT2D eigenvalue weighted by molar-refractivity contribution is -0.114. The molecule has 5 nitrogen and oxygen atoms in total. The van der Waals surface area contributed by atoms with Crippen molar-refractivity contribution in [3.8, 4) is 11.3 Å². The van der Waals surface area contributed by atoms with Crippen LogP contribution in [0.15, 0.2) is 47.8 Å². The van der Waals surface area contributed by atoms with E-state index in [0.717, 1.165) is 27.5 Å². The highest BCUT2D eigenvalue weighted by atomic mass is 32.1. The monoisotopic (exact) mass is 379 g/mol. The van der Waals surface area contributed by atoms with E-state index in [1.807, 2.05) is 61.7 Å². The van der Waals surface area contributed by atoms with Gasteiger partial charge in [-0.25, -0.2) is 4.98 Å². The number of anilines is 1. The third kappa shape index (κ3) is 4.80. The zero-order valence-corrected chi connectivity index (χ0v) is 16.3. The molecule has 6 heteroatoms. The van der Waals surface area contributed by atoms with Crippen LogP contribution in [0.2, 0.25) is 0 Å². The van der Waals surface area contributed by atoms with Gasteiger partial charge in [0.15, 0.2) is 0 Å². The Labute approximate surface area is 162 Å². The van der Waals surface area contributed by atoms with Crippen LogP contribution in [-0.4, -0.2) is 16.8 Å². The normalized spacial score (nSPS) is 10.5. The van der Waals surface area contributed by atoms with Gasteiger partial charge in [0.05, 0.1) is 12.2 Å². The highest BCUT2D eigenvalue weighted by Crippen LogP contribution is 2.23. The molecule has 2 N–H and O–H groups in total. The van der Waals surface area contributed by atoms with Crippen LogP contribution in [0.25, 0.3) is 11.3 Å². The second-order valence-electron chi connectivity index (χ2n) is 6.37. The number of nitrogens with zero attached hydrogens (tertiary/aromatic N) is 1. The number of rotatable bonds is 5. The van der Waals surface area contributed by atoms with E-state index in [1.54, 1.807) is 0 Å². The lowest BCUT2D eigenvalue weighted by Gasteiger charge is -2.06. The molecule has 0 saturated heterocycles. The molecule has 0 radical (unpaired) electrons. The number of hydrogen-bond donors (Lipinski definition) is 2. The molecule has 27 heavy (non-hydrogen) atoms. The zero-order chi connectivity index (χ0) is 19.4. The Bertz CT molecular complexity index is 977. The van der Waals surface area contributed by atoms with Crippen molar-refractivity contribution in [2.75, 3.05) is 5.32 Å². The second kappa shape index (κ2) is 8.14. The summed E-state index contributed by atoms with van der Waals surface area (Å²) in [6.07, 6.45) is 0.